The maximum atomic E-state index is 12.8. The maximum Gasteiger partial charge on any atom is 0.387 e. The van der Waals surface area contributed by atoms with E-state index < -0.39 is 6.61 Å². The zero-order chi connectivity index (χ0) is 21.7. The number of nitrogens with zero attached hydrogens (tertiary/aromatic N) is 5. The molecular formula is C21H26F2N6O2. The smallest absolute Gasteiger partial charge is 0.387 e. The molecule has 5 rings (SSSR count). The van der Waals surface area contributed by atoms with E-state index in [9.17, 15) is 8.78 Å². The van der Waals surface area contributed by atoms with Crippen molar-refractivity contribution in [2.45, 2.75) is 51.5 Å². The summed E-state index contributed by atoms with van der Waals surface area (Å²) in [7, 11) is 0. The minimum atomic E-state index is -2.98. The third-order valence-corrected chi connectivity index (χ3v) is 6.28. The number of alkyl halides is 2. The largest absolute Gasteiger partial charge is 0.431 e. The Morgan fingerprint density at radius 1 is 1.23 bits per heavy atom. The fraction of sp³-hybridized carbons (Fsp3) is 0.571. The molecule has 1 aliphatic carbocycles. The summed E-state index contributed by atoms with van der Waals surface area (Å²) in [6.07, 6.45) is 3.93. The van der Waals surface area contributed by atoms with Gasteiger partial charge in [-0.1, -0.05) is 0 Å². The average Bonchev–Trinajstić information content (AvgIpc) is 3.40. The van der Waals surface area contributed by atoms with Gasteiger partial charge in [0.1, 0.15) is 5.82 Å². The maximum absolute atomic E-state index is 12.8. The molecule has 2 saturated heterocycles. The molecule has 0 aromatic carbocycles. The van der Waals surface area contributed by atoms with Gasteiger partial charge in [-0.15, -0.1) is 0 Å². The number of rotatable bonds is 5. The number of halogens is 2. The van der Waals surface area contributed by atoms with Crippen LogP contribution in [-0.4, -0.2) is 59.4 Å². The Bertz CT molecular complexity index is 977. The first-order valence-electron chi connectivity index (χ1n) is 10.6. The standard InChI is InChI=1S/C21H26F2N6O2/c1-11-10-30-12(2)9-29(11)18-7-15(14-6-17(31-20(22)23)19(24)25-8-14)26-21(27-18)28-4-3-13-5-16(13)28/h6-8,11-13,16,20H,3-5,9-10H2,1-2H3,(H2,24,25)/t11-,12-,13?,16?/m0/s1. The van der Waals surface area contributed by atoms with E-state index in [1.54, 1.807) is 0 Å². The van der Waals surface area contributed by atoms with Gasteiger partial charge in [-0.2, -0.15) is 13.8 Å². The van der Waals surface area contributed by atoms with Crippen LogP contribution in [0, 0.1) is 5.92 Å². The number of nitrogens with two attached hydrogens (primary N) is 1. The molecule has 2 N–H and O–H groups in total. The number of ether oxygens (including phenoxy) is 2. The molecule has 0 bridgehead atoms. The zero-order valence-electron chi connectivity index (χ0n) is 17.5. The highest BCUT2D eigenvalue weighted by Gasteiger charge is 2.48. The fourth-order valence-electron chi connectivity index (χ4n) is 4.50. The number of hydrogen-bond donors (Lipinski definition) is 1. The van der Waals surface area contributed by atoms with Gasteiger partial charge in [-0.25, -0.2) is 9.97 Å². The fourth-order valence-corrected chi connectivity index (χ4v) is 4.50. The number of morpholine rings is 1. The lowest BCUT2D eigenvalue weighted by atomic mass is 10.1. The lowest BCUT2D eigenvalue weighted by Crippen LogP contribution is -2.48. The Hall–Kier alpha value is -2.75. The molecule has 2 aliphatic heterocycles. The Labute approximate surface area is 179 Å². The van der Waals surface area contributed by atoms with E-state index in [1.807, 2.05) is 13.0 Å². The SMILES string of the molecule is C[C@H]1CN(c2cc(-c3cnc(N)c(OC(F)F)c3)nc(N3CCC4CC43)n2)[C@@H](C)CO1. The minimum Gasteiger partial charge on any atom is -0.431 e. The summed E-state index contributed by atoms with van der Waals surface area (Å²) in [6, 6.07) is 3.98. The molecule has 3 fully saturated rings. The third-order valence-electron chi connectivity index (χ3n) is 6.28. The molecule has 0 radical (unpaired) electrons. The first-order valence-corrected chi connectivity index (χ1v) is 10.6. The van der Waals surface area contributed by atoms with Crippen molar-refractivity contribution in [3.63, 3.8) is 0 Å². The summed E-state index contributed by atoms with van der Waals surface area (Å²) < 4.78 is 35.9. The van der Waals surface area contributed by atoms with Crippen LogP contribution in [0.3, 0.4) is 0 Å². The molecule has 2 aromatic heterocycles. The summed E-state index contributed by atoms with van der Waals surface area (Å²) in [6.45, 7) is 3.40. The third kappa shape index (κ3) is 3.96. The molecular weight excluding hydrogens is 406 g/mol. The van der Waals surface area contributed by atoms with Gasteiger partial charge in [0, 0.05) is 37.0 Å². The van der Waals surface area contributed by atoms with Gasteiger partial charge in [0.05, 0.1) is 24.4 Å². The second kappa shape index (κ2) is 7.74. The highest BCUT2D eigenvalue weighted by Crippen LogP contribution is 2.46. The second-order valence-electron chi connectivity index (χ2n) is 8.59. The number of pyridine rings is 1. The van der Waals surface area contributed by atoms with Crippen molar-refractivity contribution in [2.75, 3.05) is 35.2 Å². The van der Waals surface area contributed by atoms with Gasteiger partial charge in [0.2, 0.25) is 5.95 Å². The number of nitrogen functional groups attached to an aromatic ring is 1. The van der Waals surface area contributed by atoms with Crippen LogP contribution in [-0.2, 0) is 4.74 Å². The van der Waals surface area contributed by atoms with Crippen molar-refractivity contribution in [1.82, 2.24) is 15.0 Å². The number of anilines is 3. The van der Waals surface area contributed by atoms with Crippen molar-refractivity contribution in [1.29, 1.82) is 0 Å². The molecule has 3 aliphatic rings. The minimum absolute atomic E-state index is 0.0851. The average molecular weight is 432 g/mol. The number of hydrogen-bond acceptors (Lipinski definition) is 8. The van der Waals surface area contributed by atoms with Crippen molar-refractivity contribution in [3.8, 4) is 17.0 Å². The molecule has 2 unspecified atom stereocenters. The van der Waals surface area contributed by atoms with Crippen LogP contribution >= 0.6 is 0 Å². The van der Waals surface area contributed by atoms with Gasteiger partial charge in [0.25, 0.3) is 0 Å². The van der Waals surface area contributed by atoms with Gasteiger partial charge < -0.3 is 25.0 Å². The zero-order valence-corrected chi connectivity index (χ0v) is 17.5. The van der Waals surface area contributed by atoms with E-state index in [2.05, 4.69) is 26.4 Å². The Balaban J connectivity index is 1.56. The van der Waals surface area contributed by atoms with Crippen LogP contribution in [0.5, 0.6) is 5.75 Å². The molecule has 0 amide bonds. The first kappa shape index (κ1) is 20.2. The molecule has 1 saturated carbocycles. The lowest BCUT2D eigenvalue weighted by Gasteiger charge is -2.38. The monoisotopic (exact) mass is 432 g/mol. The van der Waals surface area contributed by atoms with Crippen LogP contribution in [0.25, 0.3) is 11.3 Å². The van der Waals surface area contributed by atoms with Gasteiger partial charge >= 0.3 is 6.61 Å². The van der Waals surface area contributed by atoms with E-state index in [-0.39, 0.29) is 23.7 Å². The second-order valence-corrected chi connectivity index (χ2v) is 8.59. The first-order chi connectivity index (χ1) is 14.9. The normalized spacial score (nSPS) is 27.5. The van der Waals surface area contributed by atoms with Gasteiger partial charge in [0.15, 0.2) is 11.6 Å². The van der Waals surface area contributed by atoms with Gasteiger partial charge in [-0.3, -0.25) is 0 Å². The van der Waals surface area contributed by atoms with Gasteiger partial charge in [-0.05, 0) is 38.7 Å². The van der Waals surface area contributed by atoms with Crippen molar-refractivity contribution in [3.05, 3.63) is 18.3 Å². The predicted octanol–water partition coefficient (Wildman–Crippen LogP) is 2.93. The van der Waals surface area contributed by atoms with E-state index in [0.29, 0.717) is 36.4 Å². The molecule has 4 atom stereocenters. The van der Waals surface area contributed by atoms with Crippen molar-refractivity contribution in [2.24, 2.45) is 5.92 Å². The van der Waals surface area contributed by atoms with Crippen LogP contribution in [0.2, 0.25) is 0 Å². The van der Waals surface area contributed by atoms with Crippen molar-refractivity contribution >= 4 is 17.6 Å². The Kier molecular flexibility index (Phi) is 5.04. The summed E-state index contributed by atoms with van der Waals surface area (Å²) in [5, 5.41) is 0. The van der Waals surface area contributed by atoms with E-state index in [4.69, 9.17) is 20.4 Å². The molecule has 2 aromatic rings. The highest BCUT2D eigenvalue weighted by atomic mass is 19.3. The Morgan fingerprint density at radius 2 is 2.06 bits per heavy atom. The van der Waals surface area contributed by atoms with Crippen LogP contribution in [0.15, 0.2) is 18.3 Å². The molecule has 4 heterocycles. The topological polar surface area (TPSA) is 89.6 Å². The number of aromatic nitrogens is 3. The summed E-state index contributed by atoms with van der Waals surface area (Å²) in [5.41, 5.74) is 6.87. The van der Waals surface area contributed by atoms with E-state index in [0.717, 1.165) is 24.7 Å². The molecule has 10 heteroatoms. The van der Waals surface area contributed by atoms with Crippen LogP contribution in [0.1, 0.15) is 26.7 Å². The summed E-state index contributed by atoms with van der Waals surface area (Å²) >= 11 is 0. The van der Waals surface area contributed by atoms with E-state index >= 15 is 0 Å². The molecule has 0 spiro atoms. The van der Waals surface area contributed by atoms with Crippen LogP contribution in [0.4, 0.5) is 26.4 Å². The highest BCUT2D eigenvalue weighted by molar-refractivity contribution is 5.68. The molecule has 166 valence electrons. The quantitative estimate of drug-likeness (QED) is 0.772. The molecule has 8 nitrogen and oxygen atoms in total. The Morgan fingerprint density at radius 3 is 2.77 bits per heavy atom. The van der Waals surface area contributed by atoms with Crippen molar-refractivity contribution < 1.29 is 18.3 Å². The number of piperidine rings is 1. The molecule has 31 heavy (non-hydrogen) atoms. The predicted molar refractivity (Wildman–Crippen MR) is 112 cm³/mol. The van der Waals surface area contributed by atoms with Crippen LogP contribution < -0.4 is 20.3 Å². The summed E-state index contributed by atoms with van der Waals surface area (Å²) in [5.74, 6) is 1.93. The number of fused-ring (bicyclic) bond motifs is 1. The summed E-state index contributed by atoms with van der Waals surface area (Å²) in [4.78, 5) is 18.2. The lowest BCUT2D eigenvalue weighted by molar-refractivity contribution is -0.0494. The van der Waals surface area contributed by atoms with E-state index in [1.165, 1.54) is 18.7 Å².